The smallest absolute Gasteiger partial charge is 0.274 e. The van der Waals surface area contributed by atoms with Gasteiger partial charge in [-0.15, -0.1) is 0 Å². The zero-order valence-electron chi connectivity index (χ0n) is 13.4. The van der Waals surface area contributed by atoms with E-state index in [-0.39, 0.29) is 28.6 Å². The first-order valence-corrected chi connectivity index (χ1v) is 7.23. The number of aromatic hydroxyl groups is 1. The van der Waals surface area contributed by atoms with Crippen LogP contribution >= 0.6 is 0 Å². The average molecular weight is 302 g/mol. The number of nitrogens with one attached hydrogen (secondary N) is 1. The van der Waals surface area contributed by atoms with Crippen molar-refractivity contribution in [3.05, 3.63) is 41.8 Å². The number of pyridine rings is 1. The van der Waals surface area contributed by atoms with Crippen molar-refractivity contribution >= 4 is 5.91 Å². The molecule has 0 spiro atoms. The van der Waals surface area contributed by atoms with Gasteiger partial charge in [0.15, 0.2) is 17.2 Å². The summed E-state index contributed by atoms with van der Waals surface area (Å²) < 4.78 is 5.01. The molecule has 1 aromatic rings. The highest BCUT2D eigenvalue weighted by Crippen LogP contribution is 2.31. The number of carbonyl (C=O) groups is 1. The number of hydrogen-bond donors (Lipinski definition) is 2. The molecule has 5 heteroatoms. The third-order valence-electron chi connectivity index (χ3n) is 3.81. The van der Waals surface area contributed by atoms with Crippen LogP contribution in [0.4, 0.5) is 0 Å². The molecule has 1 aromatic heterocycles. The van der Waals surface area contributed by atoms with E-state index in [0.717, 1.165) is 12.0 Å². The van der Waals surface area contributed by atoms with E-state index in [4.69, 9.17) is 4.74 Å². The van der Waals surface area contributed by atoms with Crippen LogP contribution in [0.15, 0.2) is 36.1 Å². The fraction of sp³-hybridized carbons (Fsp3) is 0.412. The highest BCUT2D eigenvalue weighted by molar-refractivity contribution is 5.96. The van der Waals surface area contributed by atoms with Gasteiger partial charge in [-0.3, -0.25) is 4.79 Å². The predicted molar refractivity (Wildman–Crippen MR) is 85.0 cm³/mol. The van der Waals surface area contributed by atoms with Crippen molar-refractivity contribution in [1.29, 1.82) is 0 Å². The summed E-state index contributed by atoms with van der Waals surface area (Å²) in [5.41, 5.74) is 1.02. The Bertz CT molecular complexity index is 633. The Morgan fingerprint density at radius 3 is 2.91 bits per heavy atom. The van der Waals surface area contributed by atoms with Crippen LogP contribution in [0, 0.1) is 5.41 Å². The van der Waals surface area contributed by atoms with Gasteiger partial charge in [-0.05, 0) is 18.8 Å². The quantitative estimate of drug-likeness (QED) is 0.900. The van der Waals surface area contributed by atoms with Crippen LogP contribution in [0.25, 0.3) is 0 Å². The Hall–Kier alpha value is -2.30. The summed E-state index contributed by atoms with van der Waals surface area (Å²) in [4.78, 5) is 16.4. The highest BCUT2D eigenvalue weighted by atomic mass is 16.5. The first-order chi connectivity index (χ1) is 10.3. The van der Waals surface area contributed by atoms with Gasteiger partial charge in [0.2, 0.25) is 0 Å². The number of methoxy groups -OCH3 is 1. The van der Waals surface area contributed by atoms with Gasteiger partial charge in [-0.25, -0.2) is 4.98 Å². The van der Waals surface area contributed by atoms with Gasteiger partial charge in [0, 0.05) is 12.3 Å². The highest BCUT2D eigenvalue weighted by Gasteiger charge is 2.27. The minimum atomic E-state index is -0.410. The molecule has 2 rings (SSSR count). The Kier molecular flexibility index (Phi) is 4.54. The molecule has 5 nitrogen and oxygen atoms in total. The molecular weight excluding hydrogens is 280 g/mol. The molecule has 1 amide bonds. The van der Waals surface area contributed by atoms with Crippen LogP contribution in [0.1, 0.15) is 37.7 Å². The summed E-state index contributed by atoms with van der Waals surface area (Å²) in [5.74, 6) is -0.419. The third-order valence-corrected chi connectivity index (χ3v) is 3.81. The molecule has 1 heterocycles. The van der Waals surface area contributed by atoms with Gasteiger partial charge < -0.3 is 15.2 Å². The monoisotopic (exact) mass is 302 g/mol. The average Bonchev–Trinajstić information content (AvgIpc) is 2.57. The molecule has 0 aliphatic heterocycles. The maximum absolute atomic E-state index is 12.4. The second-order valence-electron chi connectivity index (χ2n) is 6.20. The van der Waals surface area contributed by atoms with Crippen LogP contribution in [-0.2, 0) is 0 Å². The molecule has 0 saturated carbocycles. The minimum absolute atomic E-state index is 0.0178. The van der Waals surface area contributed by atoms with Crippen LogP contribution in [0.5, 0.6) is 11.5 Å². The summed E-state index contributed by atoms with van der Waals surface area (Å²) >= 11 is 0. The number of carbonyl (C=O) groups excluding carboxylic acids is 1. The molecule has 0 saturated heterocycles. The normalized spacial score (nSPS) is 20.0. The molecular formula is C17H22N2O3. The van der Waals surface area contributed by atoms with Gasteiger partial charge in [0.1, 0.15) is 0 Å². The number of rotatable bonds is 3. The van der Waals surface area contributed by atoms with E-state index >= 15 is 0 Å². The van der Waals surface area contributed by atoms with E-state index in [0.29, 0.717) is 0 Å². The number of ether oxygens (including phenoxy) is 1. The van der Waals surface area contributed by atoms with Crippen LogP contribution in [0.3, 0.4) is 0 Å². The van der Waals surface area contributed by atoms with Crippen molar-refractivity contribution in [3.8, 4) is 11.5 Å². The van der Waals surface area contributed by atoms with Gasteiger partial charge in [0.25, 0.3) is 5.91 Å². The predicted octanol–water partition coefficient (Wildman–Crippen LogP) is 2.83. The zero-order valence-corrected chi connectivity index (χ0v) is 13.4. The van der Waals surface area contributed by atoms with E-state index < -0.39 is 5.91 Å². The van der Waals surface area contributed by atoms with Crippen molar-refractivity contribution in [2.24, 2.45) is 5.41 Å². The summed E-state index contributed by atoms with van der Waals surface area (Å²) in [7, 11) is 1.43. The lowest BCUT2D eigenvalue weighted by Gasteiger charge is -2.26. The van der Waals surface area contributed by atoms with Crippen molar-refractivity contribution in [2.75, 3.05) is 7.11 Å². The first kappa shape index (κ1) is 16.1. The molecule has 1 aliphatic rings. The van der Waals surface area contributed by atoms with E-state index in [2.05, 4.69) is 30.2 Å². The van der Waals surface area contributed by atoms with Crippen molar-refractivity contribution in [2.45, 2.75) is 33.2 Å². The van der Waals surface area contributed by atoms with Crippen molar-refractivity contribution < 1.29 is 14.6 Å². The van der Waals surface area contributed by atoms with Gasteiger partial charge in [-0.2, -0.15) is 0 Å². The Balaban J connectivity index is 2.21. The van der Waals surface area contributed by atoms with Crippen LogP contribution < -0.4 is 10.1 Å². The zero-order chi connectivity index (χ0) is 16.3. The first-order valence-electron chi connectivity index (χ1n) is 7.23. The lowest BCUT2D eigenvalue weighted by atomic mass is 9.85. The second kappa shape index (κ2) is 6.22. The van der Waals surface area contributed by atoms with Gasteiger partial charge in [0.05, 0.1) is 13.2 Å². The molecule has 2 N–H and O–H groups in total. The molecule has 1 aliphatic carbocycles. The molecule has 0 bridgehead atoms. The fourth-order valence-electron chi connectivity index (χ4n) is 2.49. The van der Waals surface area contributed by atoms with Crippen LogP contribution in [-0.4, -0.2) is 29.1 Å². The van der Waals surface area contributed by atoms with E-state index in [1.807, 2.05) is 19.1 Å². The molecule has 22 heavy (non-hydrogen) atoms. The van der Waals surface area contributed by atoms with E-state index in [9.17, 15) is 9.90 Å². The topological polar surface area (TPSA) is 71.5 Å². The largest absolute Gasteiger partial charge is 0.503 e. The number of nitrogens with zero attached hydrogens (tertiary/aromatic N) is 1. The molecule has 0 aromatic carbocycles. The summed E-state index contributed by atoms with van der Waals surface area (Å²) in [6, 6.07) is 1.40. The Morgan fingerprint density at radius 2 is 2.23 bits per heavy atom. The minimum Gasteiger partial charge on any atom is -0.503 e. The van der Waals surface area contributed by atoms with E-state index in [1.54, 1.807) is 0 Å². The van der Waals surface area contributed by atoms with Gasteiger partial charge in [-0.1, -0.05) is 37.6 Å². The number of hydrogen-bond acceptors (Lipinski definition) is 4. The van der Waals surface area contributed by atoms with Crippen LogP contribution in [0.2, 0.25) is 0 Å². The lowest BCUT2D eigenvalue weighted by Crippen LogP contribution is -2.38. The van der Waals surface area contributed by atoms with Gasteiger partial charge >= 0.3 is 0 Å². The summed E-state index contributed by atoms with van der Waals surface area (Å²) in [5, 5.41) is 13.0. The SMILES string of the molecule is COc1ccnc(C(=O)NC2CC(C)(C)C=CC=C2C)c1O. The fourth-order valence-corrected chi connectivity index (χ4v) is 2.49. The molecule has 1 unspecified atom stereocenters. The Labute approximate surface area is 130 Å². The summed E-state index contributed by atoms with van der Waals surface area (Å²) in [6.45, 7) is 6.22. The lowest BCUT2D eigenvalue weighted by molar-refractivity contribution is 0.0927. The molecule has 0 fully saturated rings. The molecule has 118 valence electrons. The van der Waals surface area contributed by atoms with Crippen molar-refractivity contribution in [1.82, 2.24) is 10.3 Å². The Morgan fingerprint density at radius 1 is 1.50 bits per heavy atom. The maximum atomic E-state index is 12.4. The van der Waals surface area contributed by atoms with Crippen molar-refractivity contribution in [3.63, 3.8) is 0 Å². The maximum Gasteiger partial charge on any atom is 0.274 e. The summed E-state index contributed by atoms with van der Waals surface area (Å²) in [6.07, 6.45) is 8.36. The van der Waals surface area contributed by atoms with E-state index in [1.165, 1.54) is 19.4 Å². The standard InChI is InChI=1S/C17H22N2O3/c1-11-6-5-8-17(2,3)10-12(11)19-16(21)14-15(20)13(22-4)7-9-18-14/h5-9,12,20H,10H2,1-4H3,(H,19,21). The molecule has 0 radical (unpaired) electrons. The number of amides is 1. The number of allylic oxidation sites excluding steroid dienone is 3. The molecule has 1 atom stereocenters. The third kappa shape index (κ3) is 3.47. The second-order valence-corrected chi connectivity index (χ2v) is 6.20. The number of aromatic nitrogens is 1.